The Balaban J connectivity index is -0.0000000133. The van der Waals surface area contributed by atoms with Crippen molar-refractivity contribution in [2.24, 2.45) is 0 Å². The third kappa shape index (κ3) is 104. The fourth-order valence-electron chi connectivity index (χ4n) is 0. The van der Waals surface area contributed by atoms with Crippen LogP contribution in [-0.4, -0.2) is 44.2 Å². The summed E-state index contributed by atoms with van der Waals surface area (Å²) in [5, 5.41) is 0. The van der Waals surface area contributed by atoms with Gasteiger partial charge in [0.1, 0.15) is 0 Å². The van der Waals surface area contributed by atoms with Gasteiger partial charge in [-0.1, -0.05) is 0 Å². The van der Waals surface area contributed by atoms with E-state index in [1.807, 2.05) is 0 Å². The molecule has 9 heteroatoms. The zero-order valence-corrected chi connectivity index (χ0v) is 8.39. The van der Waals surface area contributed by atoms with E-state index in [0.717, 1.165) is 0 Å². The molecule has 0 aromatic heterocycles. The van der Waals surface area contributed by atoms with Crippen LogP contribution in [0.3, 0.4) is 0 Å². The minimum Gasteiger partial charge on any atom is 0 e. The molecule has 0 saturated heterocycles. The third-order valence-corrected chi connectivity index (χ3v) is 0. The number of rotatable bonds is 0. The van der Waals surface area contributed by atoms with Crippen LogP contribution in [0.15, 0.2) is 0 Å². The van der Waals surface area contributed by atoms with Gasteiger partial charge in [-0.25, -0.2) is 4.57 Å². The summed E-state index contributed by atoms with van der Waals surface area (Å²) in [4.78, 5) is 21.6. The fraction of sp³-hybridized carbons (Fsp3) is 0. The SMILES string of the molecule is O=P(O)(O)O.[Cr].[Mn].[NaH].[Ti]. The molecule has 4 nitrogen and oxygen atoms in total. The molecule has 0 bridgehead atoms. The van der Waals surface area contributed by atoms with Crippen LogP contribution in [-0.2, 0) is 60.7 Å². The summed E-state index contributed by atoms with van der Waals surface area (Å²) in [6, 6.07) is 0. The second-order valence-electron chi connectivity index (χ2n) is 0.513. The maximum atomic E-state index is 8.88. The molecule has 0 aromatic rings. The van der Waals surface area contributed by atoms with E-state index in [1.54, 1.807) is 0 Å². The first-order valence-electron chi connectivity index (χ1n) is 0.783. The first kappa shape index (κ1) is 29.7. The van der Waals surface area contributed by atoms with Gasteiger partial charge in [-0.15, -0.1) is 0 Å². The van der Waals surface area contributed by atoms with Gasteiger partial charge in [-0.05, 0) is 0 Å². The van der Waals surface area contributed by atoms with Crippen LogP contribution >= 0.6 is 7.82 Å². The predicted octanol–water partition coefficient (Wildman–Crippen LogP) is -1.58. The molecule has 0 spiro atoms. The zero-order valence-electron chi connectivity index (χ0n) is 3.48. The van der Waals surface area contributed by atoms with Crippen molar-refractivity contribution in [2.75, 3.05) is 0 Å². The van der Waals surface area contributed by atoms with Gasteiger partial charge < -0.3 is 14.7 Å². The summed E-state index contributed by atoms with van der Waals surface area (Å²) < 4.78 is 8.88. The average molecular weight is 277 g/mol. The van der Waals surface area contributed by atoms with Crippen LogP contribution in [0, 0.1) is 0 Å². The van der Waals surface area contributed by atoms with Crippen LogP contribution in [0.1, 0.15) is 0 Å². The third-order valence-electron chi connectivity index (χ3n) is 0. The number of phosphoric acid groups is 1. The monoisotopic (exact) mass is 277 g/mol. The first-order chi connectivity index (χ1) is 2.00. The van der Waals surface area contributed by atoms with Gasteiger partial charge >= 0.3 is 37.4 Å². The fourth-order valence-corrected chi connectivity index (χ4v) is 0. The minimum absolute atomic E-state index is 0. The van der Waals surface area contributed by atoms with E-state index in [9.17, 15) is 0 Å². The molecule has 3 N–H and O–H groups in total. The first-order valence-corrected chi connectivity index (χ1v) is 2.35. The van der Waals surface area contributed by atoms with Gasteiger partial charge in [0.15, 0.2) is 0 Å². The normalized spacial score (nSPS) is 6.56. The molecular weight excluding hydrogens is 273 g/mol. The topological polar surface area (TPSA) is 77.8 Å². The summed E-state index contributed by atoms with van der Waals surface area (Å²) in [7, 11) is -4.64. The Hall–Kier alpha value is 2.88. The number of hydrogen-bond acceptors (Lipinski definition) is 1. The van der Waals surface area contributed by atoms with E-state index in [4.69, 9.17) is 19.2 Å². The molecule has 0 rings (SSSR count). The van der Waals surface area contributed by atoms with E-state index in [1.165, 1.54) is 0 Å². The van der Waals surface area contributed by atoms with Crippen molar-refractivity contribution >= 4 is 37.4 Å². The van der Waals surface area contributed by atoms with E-state index in [-0.39, 0.29) is 85.7 Å². The van der Waals surface area contributed by atoms with Crippen LogP contribution in [0.4, 0.5) is 0 Å². The summed E-state index contributed by atoms with van der Waals surface area (Å²) in [5.41, 5.74) is 0. The van der Waals surface area contributed by atoms with Crippen molar-refractivity contribution in [1.29, 1.82) is 0 Å². The van der Waals surface area contributed by atoms with Gasteiger partial charge in [-0.2, -0.15) is 0 Å². The second kappa shape index (κ2) is 13.5. The van der Waals surface area contributed by atoms with Crippen LogP contribution < -0.4 is 0 Å². The van der Waals surface area contributed by atoms with Crippen molar-refractivity contribution in [3.63, 3.8) is 0 Å². The maximum absolute atomic E-state index is 8.88. The average Bonchev–Trinajstić information content (AvgIpc) is 0.722. The van der Waals surface area contributed by atoms with E-state index in [2.05, 4.69) is 0 Å². The minimum atomic E-state index is -4.64. The smallest absolute Gasteiger partial charge is 0 e. The van der Waals surface area contributed by atoms with Crippen molar-refractivity contribution < 1.29 is 75.4 Å². The molecule has 0 aliphatic heterocycles. The predicted molar refractivity (Wildman–Crippen MR) is 21.4 cm³/mol. The van der Waals surface area contributed by atoms with E-state index >= 15 is 0 Å². The Labute approximate surface area is 111 Å². The molecule has 0 amide bonds. The van der Waals surface area contributed by atoms with Crippen LogP contribution in [0.5, 0.6) is 0 Å². The molecule has 9 heavy (non-hydrogen) atoms. The molecule has 1 radical (unpaired) electrons. The molecule has 51 valence electrons. The Morgan fingerprint density at radius 2 is 1.11 bits per heavy atom. The summed E-state index contributed by atoms with van der Waals surface area (Å²) >= 11 is 0. The van der Waals surface area contributed by atoms with Gasteiger partial charge in [0.05, 0.1) is 0 Å². The van der Waals surface area contributed by atoms with Crippen molar-refractivity contribution in [3.8, 4) is 0 Å². The van der Waals surface area contributed by atoms with Gasteiger partial charge in [0.25, 0.3) is 0 Å². The molecule has 0 unspecified atom stereocenters. The molecule has 0 fully saturated rings. The van der Waals surface area contributed by atoms with Gasteiger partial charge in [0, 0.05) is 56.1 Å². The molecular formula is H4CrMnNaO4PTi. The zero-order chi connectivity index (χ0) is 4.50. The maximum Gasteiger partial charge on any atom is 0 e. The molecule has 0 aliphatic rings. The van der Waals surface area contributed by atoms with E-state index in [0.29, 0.717) is 0 Å². The quantitative estimate of drug-likeness (QED) is 0.368. The molecule has 0 heterocycles. The summed E-state index contributed by atoms with van der Waals surface area (Å²) in [5.74, 6) is 0. The summed E-state index contributed by atoms with van der Waals surface area (Å²) in [6.07, 6.45) is 0. The molecule has 0 saturated carbocycles. The van der Waals surface area contributed by atoms with Crippen LogP contribution in [0.25, 0.3) is 0 Å². The molecule has 0 aliphatic carbocycles. The number of hydrogen-bond donors (Lipinski definition) is 3. The van der Waals surface area contributed by atoms with Gasteiger partial charge in [-0.3, -0.25) is 0 Å². The Morgan fingerprint density at radius 3 is 1.11 bits per heavy atom. The Kier molecular flexibility index (Phi) is 44.5. The summed E-state index contributed by atoms with van der Waals surface area (Å²) in [6.45, 7) is 0. The van der Waals surface area contributed by atoms with Crippen molar-refractivity contribution in [3.05, 3.63) is 0 Å². The largest absolute Gasteiger partial charge is 0 e. The molecule has 0 aromatic carbocycles. The van der Waals surface area contributed by atoms with Crippen LogP contribution in [0.2, 0.25) is 0 Å². The molecule has 0 atom stereocenters. The standard InChI is InChI=1S/Cr.Mn.Na.H3O4P.Ti.H/c;;;1-5(2,3)4;;/h;;;(H3,1,2,3,4);;. The van der Waals surface area contributed by atoms with Crippen molar-refractivity contribution in [2.45, 2.75) is 0 Å². The van der Waals surface area contributed by atoms with Crippen molar-refractivity contribution in [1.82, 2.24) is 0 Å². The van der Waals surface area contributed by atoms with Gasteiger partial charge in [0.2, 0.25) is 0 Å². The Morgan fingerprint density at radius 1 is 1.11 bits per heavy atom. The second-order valence-corrected chi connectivity index (χ2v) is 1.54. The Bertz CT molecular complexity index is 66.7. The van der Waals surface area contributed by atoms with E-state index < -0.39 is 7.82 Å².